The first-order chi connectivity index (χ1) is 10.0. The fraction of sp³-hybridized carbons (Fsp3) is 0.579. The minimum atomic E-state index is 0.180. The third-order valence-electron chi connectivity index (χ3n) is 4.29. The molecule has 0 heterocycles. The van der Waals surface area contributed by atoms with Crippen molar-refractivity contribution in [2.75, 3.05) is 0 Å². The van der Waals surface area contributed by atoms with Crippen LogP contribution in [-0.2, 0) is 6.42 Å². The molecular formula is C19H30N2. The van der Waals surface area contributed by atoms with Crippen molar-refractivity contribution in [1.82, 2.24) is 0 Å². The topological polar surface area (TPSA) is 47.7 Å². The molecule has 1 aromatic rings. The summed E-state index contributed by atoms with van der Waals surface area (Å²) in [6.45, 7) is 8.38. The van der Waals surface area contributed by atoms with Gasteiger partial charge in [0.25, 0.3) is 0 Å². The highest BCUT2D eigenvalue weighted by atomic mass is 14.5. The molecule has 2 unspecified atom stereocenters. The molecule has 0 saturated heterocycles. The maximum Gasteiger partial charge on any atom is 0.0423 e. The van der Waals surface area contributed by atoms with E-state index in [-0.39, 0.29) is 11.8 Å². The quantitative estimate of drug-likeness (QED) is 0.564. The van der Waals surface area contributed by atoms with Crippen molar-refractivity contribution < 1.29 is 0 Å². The molecule has 1 rings (SSSR count). The lowest BCUT2D eigenvalue weighted by Gasteiger charge is -2.27. The van der Waals surface area contributed by atoms with E-state index in [1.807, 2.05) is 6.92 Å². The van der Waals surface area contributed by atoms with Gasteiger partial charge in [-0.25, -0.2) is 0 Å². The van der Waals surface area contributed by atoms with Gasteiger partial charge < -0.3 is 10.8 Å². The highest BCUT2D eigenvalue weighted by Crippen LogP contribution is 2.27. The maximum atomic E-state index is 8.62. The van der Waals surface area contributed by atoms with E-state index in [2.05, 4.69) is 45.0 Å². The largest absolute Gasteiger partial charge is 0.310 e. The Hall–Kier alpha value is -1.44. The molecule has 0 radical (unpaired) electrons. The summed E-state index contributed by atoms with van der Waals surface area (Å²) in [5.74, 6) is 0.397. The Bertz CT molecular complexity index is 459. The summed E-state index contributed by atoms with van der Waals surface area (Å²) in [6, 6.07) is 8.40. The van der Waals surface area contributed by atoms with Crippen LogP contribution in [0.4, 0.5) is 0 Å². The fourth-order valence-corrected chi connectivity index (χ4v) is 3.02. The van der Waals surface area contributed by atoms with Crippen LogP contribution in [0.1, 0.15) is 64.5 Å². The smallest absolute Gasteiger partial charge is 0.0423 e. The summed E-state index contributed by atoms with van der Waals surface area (Å²) in [4.78, 5) is 0. The van der Waals surface area contributed by atoms with Crippen molar-refractivity contribution in [3.8, 4) is 0 Å². The second-order valence-electron chi connectivity index (χ2n) is 5.94. The molecule has 2 heteroatoms. The zero-order chi connectivity index (χ0) is 15.8. The third kappa shape index (κ3) is 4.80. The van der Waals surface area contributed by atoms with Crippen LogP contribution < -0.4 is 0 Å². The van der Waals surface area contributed by atoms with E-state index in [1.54, 1.807) is 0 Å². The van der Waals surface area contributed by atoms with Crippen LogP contribution >= 0.6 is 0 Å². The molecule has 0 aliphatic heterocycles. The van der Waals surface area contributed by atoms with Crippen molar-refractivity contribution in [2.45, 2.75) is 59.8 Å². The Morgan fingerprint density at radius 2 is 1.43 bits per heavy atom. The Morgan fingerprint density at radius 1 is 0.905 bits per heavy atom. The monoisotopic (exact) mass is 286 g/mol. The SMILES string of the molecule is CCCC(C(C)=N)C(CCC)C(=N)c1ccc(CC)cc1. The lowest BCUT2D eigenvalue weighted by molar-refractivity contribution is 0.456. The van der Waals surface area contributed by atoms with E-state index in [0.29, 0.717) is 5.71 Å². The molecule has 0 bridgehead atoms. The molecule has 0 saturated carbocycles. The van der Waals surface area contributed by atoms with Gasteiger partial charge in [0.1, 0.15) is 0 Å². The zero-order valence-electron chi connectivity index (χ0n) is 14.0. The first kappa shape index (κ1) is 17.6. The van der Waals surface area contributed by atoms with Crippen LogP contribution in [0.15, 0.2) is 24.3 Å². The lowest BCUT2D eigenvalue weighted by Crippen LogP contribution is -2.28. The Labute approximate surface area is 130 Å². The number of aryl methyl sites for hydroxylation is 1. The zero-order valence-corrected chi connectivity index (χ0v) is 14.0. The van der Waals surface area contributed by atoms with E-state index in [0.717, 1.165) is 43.4 Å². The van der Waals surface area contributed by atoms with E-state index in [4.69, 9.17) is 10.8 Å². The first-order valence-corrected chi connectivity index (χ1v) is 8.27. The molecule has 2 N–H and O–H groups in total. The molecule has 0 fully saturated rings. The number of hydrogen-bond donors (Lipinski definition) is 2. The van der Waals surface area contributed by atoms with Crippen LogP contribution in [0.3, 0.4) is 0 Å². The lowest BCUT2D eigenvalue weighted by atomic mass is 9.77. The average Bonchev–Trinajstić information content (AvgIpc) is 2.50. The van der Waals surface area contributed by atoms with Crippen molar-refractivity contribution in [3.63, 3.8) is 0 Å². The fourth-order valence-electron chi connectivity index (χ4n) is 3.02. The molecule has 0 aliphatic rings. The van der Waals surface area contributed by atoms with Crippen LogP contribution in [0.25, 0.3) is 0 Å². The van der Waals surface area contributed by atoms with Gasteiger partial charge in [-0.3, -0.25) is 0 Å². The summed E-state index contributed by atoms with van der Waals surface area (Å²) < 4.78 is 0. The summed E-state index contributed by atoms with van der Waals surface area (Å²) >= 11 is 0. The van der Waals surface area contributed by atoms with Gasteiger partial charge in [0.2, 0.25) is 0 Å². The standard InChI is InChI=1S/C19H30N2/c1-5-8-17(14(4)20)18(9-6-2)19(21)16-12-10-15(7-3)11-13-16/h10-13,17-18,20-21H,5-9H2,1-4H3. The predicted octanol–water partition coefficient (Wildman–Crippen LogP) is 5.49. The van der Waals surface area contributed by atoms with Crippen molar-refractivity contribution >= 4 is 11.4 Å². The highest BCUT2D eigenvalue weighted by molar-refractivity contribution is 6.02. The van der Waals surface area contributed by atoms with E-state index < -0.39 is 0 Å². The minimum absolute atomic E-state index is 0.180. The Balaban J connectivity index is 3.01. The Kier molecular flexibility index (Phi) is 7.35. The van der Waals surface area contributed by atoms with Crippen LogP contribution in [-0.4, -0.2) is 11.4 Å². The molecule has 0 aromatic heterocycles. The third-order valence-corrected chi connectivity index (χ3v) is 4.29. The summed E-state index contributed by atoms with van der Waals surface area (Å²) in [5.41, 5.74) is 3.77. The van der Waals surface area contributed by atoms with Crippen LogP contribution in [0, 0.1) is 22.7 Å². The number of hydrogen-bond acceptors (Lipinski definition) is 2. The Morgan fingerprint density at radius 3 is 1.86 bits per heavy atom. The molecule has 1 aromatic carbocycles. The molecule has 2 nitrogen and oxygen atoms in total. The first-order valence-electron chi connectivity index (χ1n) is 8.27. The second kappa shape index (κ2) is 8.76. The van der Waals surface area contributed by atoms with Gasteiger partial charge in [-0.2, -0.15) is 0 Å². The van der Waals surface area contributed by atoms with Gasteiger partial charge in [-0.15, -0.1) is 0 Å². The summed E-state index contributed by atoms with van der Waals surface area (Å²) in [7, 11) is 0. The predicted molar refractivity (Wildman–Crippen MR) is 92.8 cm³/mol. The minimum Gasteiger partial charge on any atom is -0.310 e. The maximum absolute atomic E-state index is 8.62. The van der Waals surface area contributed by atoms with Gasteiger partial charge >= 0.3 is 0 Å². The molecule has 0 amide bonds. The summed E-state index contributed by atoms with van der Waals surface area (Å²) in [6.07, 6.45) is 5.17. The second-order valence-corrected chi connectivity index (χ2v) is 5.94. The molecule has 116 valence electrons. The number of nitrogens with one attached hydrogen (secondary N) is 2. The molecule has 2 atom stereocenters. The van der Waals surface area contributed by atoms with Crippen molar-refractivity contribution in [1.29, 1.82) is 10.8 Å². The molecular weight excluding hydrogens is 256 g/mol. The molecule has 21 heavy (non-hydrogen) atoms. The van der Waals surface area contributed by atoms with Crippen LogP contribution in [0.2, 0.25) is 0 Å². The van der Waals surface area contributed by atoms with Gasteiger partial charge in [0.05, 0.1) is 0 Å². The van der Waals surface area contributed by atoms with E-state index >= 15 is 0 Å². The highest BCUT2D eigenvalue weighted by Gasteiger charge is 2.26. The van der Waals surface area contributed by atoms with Crippen molar-refractivity contribution in [2.24, 2.45) is 11.8 Å². The molecule has 0 aliphatic carbocycles. The number of rotatable bonds is 9. The van der Waals surface area contributed by atoms with Crippen LogP contribution in [0.5, 0.6) is 0 Å². The van der Waals surface area contributed by atoms with Gasteiger partial charge in [0, 0.05) is 23.3 Å². The van der Waals surface area contributed by atoms with Gasteiger partial charge in [-0.1, -0.05) is 57.9 Å². The average molecular weight is 286 g/mol. The van der Waals surface area contributed by atoms with Gasteiger partial charge in [0.15, 0.2) is 0 Å². The van der Waals surface area contributed by atoms with Gasteiger partial charge in [-0.05, 0) is 37.3 Å². The number of benzene rings is 1. The van der Waals surface area contributed by atoms with Crippen molar-refractivity contribution in [3.05, 3.63) is 35.4 Å². The molecule has 0 spiro atoms. The summed E-state index contributed by atoms with van der Waals surface area (Å²) in [5, 5.41) is 16.7. The van der Waals surface area contributed by atoms with E-state index in [9.17, 15) is 0 Å². The van der Waals surface area contributed by atoms with E-state index in [1.165, 1.54) is 5.56 Å². The normalized spacial score (nSPS) is 13.7.